The summed E-state index contributed by atoms with van der Waals surface area (Å²) in [7, 11) is 0. The number of hydrogen-bond acceptors (Lipinski definition) is 2. The van der Waals surface area contributed by atoms with Gasteiger partial charge in [0.15, 0.2) is 6.71 Å². The predicted molar refractivity (Wildman–Crippen MR) is 362 cm³/mol. The minimum atomic E-state index is 0.450. The molecule has 15 fully saturated rings. The van der Waals surface area contributed by atoms with Crippen LogP contribution >= 0.6 is 0 Å². The first-order valence-electron chi connectivity index (χ1n) is 40.6. The van der Waals surface area contributed by atoms with Crippen molar-refractivity contribution in [1.29, 1.82) is 0 Å². The van der Waals surface area contributed by atoms with Gasteiger partial charge in [-0.2, -0.15) is 0 Å². The van der Waals surface area contributed by atoms with E-state index in [-0.39, 0.29) is 0 Å². The molecule has 0 aromatic rings. The molecule has 15 rings (SSSR count). The quantitative estimate of drug-likeness (QED) is 0.234. The van der Waals surface area contributed by atoms with Gasteiger partial charge in [-0.3, -0.25) is 9.80 Å². The van der Waals surface area contributed by atoms with E-state index in [9.17, 15) is 0 Å². The molecular weight excluding hydrogens is 1020 g/mol. The predicted octanol–water partition coefficient (Wildman–Crippen LogP) is 22.8. The van der Waals surface area contributed by atoms with Crippen molar-refractivity contribution in [2.75, 3.05) is 0 Å². The third-order valence-electron chi connectivity index (χ3n) is 33.7. The molecule has 85 heavy (non-hydrogen) atoms. The highest BCUT2D eigenvalue weighted by molar-refractivity contribution is 6.65. The Labute approximate surface area is 528 Å². The molecule has 3 heteroatoms. The molecule has 19 unspecified atom stereocenters. The third-order valence-corrected chi connectivity index (χ3v) is 33.7. The lowest BCUT2D eigenvalue weighted by Crippen LogP contribution is -2.75. The molecule has 13 aliphatic carbocycles. The molecular formula is C82H139BN2. The molecule has 2 aliphatic heterocycles. The maximum atomic E-state index is 3.76. The van der Waals surface area contributed by atoms with E-state index in [1.807, 2.05) is 0 Å². The molecule has 15 aliphatic rings. The SMILES string of the molecule is CC(C)(C)C1CCC(C2CC3C4B(C5CC(C6CCCCC6)CCC5N3C3CCC(C5CCCCC5)CC3)C3CCC(C5CC6CC(C(C)(C)C)CC7CCC8CC(C(C)(C)C)CC5C8C76)CC3N(C3CCC(C5CCCCC5)CC3)C4C2)CC1. The lowest BCUT2D eigenvalue weighted by molar-refractivity contribution is -0.155. The van der Waals surface area contributed by atoms with Gasteiger partial charge in [-0.15, -0.1) is 0 Å². The largest absolute Gasteiger partial charge is 0.295 e. The molecule has 2 nitrogen and oxygen atoms in total. The fourth-order valence-electron chi connectivity index (χ4n) is 29.6. The summed E-state index contributed by atoms with van der Waals surface area (Å²) >= 11 is 0. The topological polar surface area (TPSA) is 6.48 Å². The summed E-state index contributed by atoms with van der Waals surface area (Å²) in [4.78, 5) is 7.43. The zero-order chi connectivity index (χ0) is 58.1. The van der Waals surface area contributed by atoms with Crippen molar-refractivity contribution in [2.24, 2.45) is 129 Å². The first kappa shape index (κ1) is 61.2. The Balaban J connectivity index is 0.816. The molecule has 480 valence electrons. The van der Waals surface area contributed by atoms with Gasteiger partial charge in [0.25, 0.3) is 0 Å². The van der Waals surface area contributed by atoms with Gasteiger partial charge < -0.3 is 0 Å². The average molecular weight is 1160 g/mol. The number of hydrogen-bond donors (Lipinski definition) is 0. The van der Waals surface area contributed by atoms with Crippen LogP contribution in [0.3, 0.4) is 0 Å². The van der Waals surface area contributed by atoms with E-state index in [0.29, 0.717) is 16.2 Å². The zero-order valence-corrected chi connectivity index (χ0v) is 57.8. The van der Waals surface area contributed by atoms with E-state index in [1.165, 1.54) is 57.8 Å². The zero-order valence-electron chi connectivity index (χ0n) is 57.8. The van der Waals surface area contributed by atoms with Crippen LogP contribution in [0.25, 0.3) is 0 Å². The Morgan fingerprint density at radius 1 is 0.247 bits per heavy atom. The van der Waals surface area contributed by atoms with Crippen molar-refractivity contribution in [2.45, 2.75) is 386 Å². The van der Waals surface area contributed by atoms with Gasteiger partial charge in [-0.1, -0.05) is 178 Å². The maximum absolute atomic E-state index is 3.76. The first-order chi connectivity index (χ1) is 41.0. The summed E-state index contributed by atoms with van der Waals surface area (Å²) in [5.41, 5.74) is 1.38. The summed E-state index contributed by atoms with van der Waals surface area (Å²) in [5, 5.41) is 0. The Morgan fingerprint density at radius 3 is 1.20 bits per heavy atom. The number of fused-ring (bicyclic) bond motifs is 4. The summed E-state index contributed by atoms with van der Waals surface area (Å²) in [6.07, 6.45) is 66.2. The highest BCUT2D eigenvalue weighted by Gasteiger charge is 2.68. The van der Waals surface area contributed by atoms with E-state index in [0.717, 1.165) is 173 Å². The highest BCUT2D eigenvalue weighted by Crippen LogP contribution is 2.70. The van der Waals surface area contributed by atoms with Gasteiger partial charge in [0.1, 0.15) is 0 Å². The Bertz CT molecular complexity index is 2170. The molecule has 2 heterocycles. The van der Waals surface area contributed by atoms with Gasteiger partial charge in [0.2, 0.25) is 0 Å². The smallest absolute Gasteiger partial charge is 0.156 e. The fourth-order valence-corrected chi connectivity index (χ4v) is 29.6. The lowest BCUT2D eigenvalue weighted by atomic mass is 9.18. The van der Waals surface area contributed by atoms with Gasteiger partial charge in [-0.25, -0.2) is 0 Å². The Kier molecular flexibility index (Phi) is 17.8. The number of nitrogens with zero attached hydrogens (tertiary/aromatic N) is 2. The van der Waals surface area contributed by atoms with E-state index in [4.69, 9.17) is 0 Å². The van der Waals surface area contributed by atoms with Crippen molar-refractivity contribution >= 4 is 6.71 Å². The van der Waals surface area contributed by atoms with E-state index in [2.05, 4.69) is 72.1 Å². The highest BCUT2D eigenvalue weighted by atomic mass is 15.3. The van der Waals surface area contributed by atoms with Crippen LogP contribution in [0.2, 0.25) is 17.5 Å². The van der Waals surface area contributed by atoms with Crippen molar-refractivity contribution < 1.29 is 0 Å². The molecule has 13 saturated carbocycles. The van der Waals surface area contributed by atoms with Crippen LogP contribution in [0.15, 0.2) is 0 Å². The molecule has 0 amide bonds. The van der Waals surface area contributed by atoms with Crippen LogP contribution in [0.1, 0.15) is 332 Å². The standard InChI is InChI=1S/C82H139BN2/c1-80(2,3)64-35-27-57(28-36-64)62-49-75-79-76(50-62)85(68-39-31-56(32-40-68)53-21-15-11-16-22-53)74-48-59(69-46-63-45-65(81(4,5)6)43-60-25-26-61-44-66(82(7,8)9)51-70(69)78(61)77(60)63)33-41-71(74)83(79)72-47-58(54-23-17-12-18-24-54)34-42-73(72)84(75)67-37-29-55(30-38-67)52-19-13-10-14-20-52/h52-79H,10-51H2,1-9H3. The van der Waals surface area contributed by atoms with Crippen molar-refractivity contribution in [3.05, 3.63) is 0 Å². The fraction of sp³-hybridized carbons (Fsp3) is 1.00. The Hall–Kier alpha value is -0.0151. The third kappa shape index (κ3) is 11.8. The minimum absolute atomic E-state index is 0.450. The molecule has 0 spiro atoms. The van der Waals surface area contributed by atoms with E-state index < -0.39 is 0 Å². The van der Waals surface area contributed by atoms with Gasteiger partial charge in [0.05, 0.1) is 0 Å². The lowest BCUT2D eigenvalue weighted by Gasteiger charge is -2.71. The molecule has 0 radical (unpaired) electrons. The van der Waals surface area contributed by atoms with Gasteiger partial charge in [-0.05, 0) is 300 Å². The number of rotatable bonds is 7. The van der Waals surface area contributed by atoms with E-state index >= 15 is 0 Å². The summed E-state index contributed by atoms with van der Waals surface area (Å²) in [6.45, 7) is 24.9. The van der Waals surface area contributed by atoms with Crippen LogP contribution in [-0.2, 0) is 0 Å². The molecule has 0 aromatic heterocycles. The molecule has 0 aromatic carbocycles. The molecule has 19 atom stereocenters. The van der Waals surface area contributed by atoms with Crippen molar-refractivity contribution in [1.82, 2.24) is 9.80 Å². The van der Waals surface area contributed by atoms with Gasteiger partial charge in [0, 0.05) is 36.3 Å². The Morgan fingerprint density at radius 2 is 0.659 bits per heavy atom. The van der Waals surface area contributed by atoms with Crippen LogP contribution < -0.4 is 0 Å². The molecule has 0 N–H and O–H groups in total. The molecule has 2 saturated heterocycles. The van der Waals surface area contributed by atoms with Crippen LogP contribution in [0.5, 0.6) is 0 Å². The van der Waals surface area contributed by atoms with Crippen molar-refractivity contribution in [3.63, 3.8) is 0 Å². The monoisotopic (exact) mass is 1160 g/mol. The minimum Gasteiger partial charge on any atom is -0.295 e. The second-order valence-electron chi connectivity index (χ2n) is 40.0. The summed E-state index contributed by atoms with van der Waals surface area (Å²) in [6, 6.07) is 5.29. The van der Waals surface area contributed by atoms with E-state index in [1.54, 1.807) is 212 Å². The summed E-state index contributed by atoms with van der Waals surface area (Å²) in [5.74, 6) is 22.2. The molecule has 0 bridgehead atoms. The maximum Gasteiger partial charge on any atom is 0.156 e. The average Bonchev–Trinajstić information content (AvgIpc) is 0.748. The summed E-state index contributed by atoms with van der Waals surface area (Å²) < 4.78 is 0. The second-order valence-corrected chi connectivity index (χ2v) is 40.0. The first-order valence-corrected chi connectivity index (χ1v) is 40.6. The second kappa shape index (κ2) is 24.7. The van der Waals surface area contributed by atoms with Crippen LogP contribution in [-0.4, -0.2) is 52.8 Å². The van der Waals surface area contributed by atoms with Crippen LogP contribution in [0, 0.1) is 129 Å². The van der Waals surface area contributed by atoms with Crippen LogP contribution in [0.4, 0.5) is 0 Å². The van der Waals surface area contributed by atoms with Gasteiger partial charge >= 0.3 is 0 Å². The normalized spacial score (nSPS) is 49.2. The van der Waals surface area contributed by atoms with Crippen molar-refractivity contribution in [3.8, 4) is 0 Å².